The van der Waals surface area contributed by atoms with Gasteiger partial charge < -0.3 is 25.0 Å². The number of esters is 1. The maximum absolute atomic E-state index is 13.0. The van der Waals surface area contributed by atoms with Gasteiger partial charge in [-0.05, 0) is 56.0 Å². The molecule has 0 fully saturated rings. The summed E-state index contributed by atoms with van der Waals surface area (Å²) in [5, 5.41) is 22.4. The first kappa shape index (κ1) is 26.1. The molecule has 0 radical (unpaired) electrons. The highest BCUT2D eigenvalue weighted by atomic mass is 16.5. The third-order valence-electron chi connectivity index (χ3n) is 5.86. The summed E-state index contributed by atoms with van der Waals surface area (Å²) in [6.45, 7) is 6.94. The second-order valence-electron chi connectivity index (χ2n) is 9.47. The Bertz CT molecular complexity index is 1090. The zero-order valence-corrected chi connectivity index (χ0v) is 20.3. The van der Waals surface area contributed by atoms with Gasteiger partial charge in [-0.2, -0.15) is 0 Å². The smallest absolute Gasteiger partial charge is 0.328 e. The first-order chi connectivity index (χ1) is 16.5. The minimum Gasteiger partial charge on any atom is -0.480 e. The highest BCUT2D eigenvalue weighted by Crippen LogP contribution is 2.48. The van der Waals surface area contributed by atoms with Gasteiger partial charge in [-0.15, -0.1) is 0 Å². The maximum atomic E-state index is 13.0. The van der Waals surface area contributed by atoms with Crippen LogP contribution in [-0.2, 0) is 29.3 Å². The number of ether oxygens (including phenoxy) is 2. The van der Waals surface area contributed by atoms with Gasteiger partial charge in [-0.1, -0.05) is 48.5 Å². The van der Waals surface area contributed by atoms with E-state index in [1.54, 1.807) is 31.2 Å². The average Bonchev–Trinajstić information content (AvgIpc) is 3.07. The Morgan fingerprint density at radius 3 is 2.03 bits per heavy atom. The topological polar surface area (TPSA) is 122 Å². The highest BCUT2D eigenvalue weighted by molar-refractivity contribution is 5.97. The Labute approximate surface area is 204 Å². The molecular formula is C27H31NO7. The molecule has 0 bridgehead atoms. The molecule has 1 aliphatic carbocycles. The zero-order valence-electron chi connectivity index (χ0n) is 20.3. The van der Waals surface area contributed by atoms with Crippen LogP contribution < -0.4 is 5.32 Å². The van der Waals surface area contributed by atoms with Crippen LogP contribution in [0.4, 0.5) is 0 Å². The van der Waals surface area contributed by atoms with Crippen molar-refractivity contribution in [1.29, 1.82) is 0 Å². The van der Waals surface area contributed by atoms with E-state index >= 15 is 0 Å². The van der Waals surface area contributed by atoms with Crippen LogP contribution in [0.1, 0.15) is 38.8 Å². The Morgan fingerprint density at radius 1 is 1.00 bits per heavy atom. The molecule has 0 aliphatic heterocycles. The summed E-state index contributed by atoms with van der Waals surface area (Å²) in [5.41, 5.74) is 0.966. The lowest BCUT2D eigenvalue weighted by Gasteiger charge is -2.33. The van der Waals surface area contributed by atoms with Crippen LogP contribution in [0.2, 0.25) is 0 Å². The first-order valence-corrected chi connectivity index (χ1v) is 11.4. The standard InChI is InChI=1S/C27H31NO7/c1-17(35-26(2,3)4)23(24(31)34-15-9-14-22(29)30)28-16-27(25(32)33)20-12-7-5-10-18(20)19-11-6-8-13-21(19)27/h5-14,17,23,28H,15-16H2,1-4H3,(H,29,30)(H,32,33)/b14-9+/t17-,23+/m1/s1. The summed E-state index contributed by atoms with van der Waals surface area (Å²) >= 11 is 0. The summed E-state index contributed by atoms with van der Waals surface area (Å²) in [4.78, 5) is 36.5. The SMILES string of the molecule is C[C@@H](OC(C)(C)C)[C@H](NCC1(C(=O)O)c2ccccc2-c2ccccc21)C(=O)OC/C=C/C(=O)O. The van der Waals surface area contributed by atoms with Gasteiger partial charge in [0.05, 0.1) is 11.7 Å². The predicted octanol–water partition coefficient (Wildman–Crippen LogP) is 3.38. The van der Waals surface area contributed by atoms with E-state index in [4.69, 9.17) is 14.6 Å². The van der Waals surface area contributed by atoms with Gasteiger partial charge in [0.25, 0.3) is 0 Å². The number of hydrogen-bond donors (Lipinski definition) is 3. The van der Waals surface area contributed by atoms with Crippen LogP contribution in [0.15, 0.2) is 60.7 Å². The zero-order chi connectivity index (χ0) is 25.8. The number of rotatable bonds is 10. The lowest BCUT2D eigenvalue weighted by atomic mass is 9.78. The number of nitrogens with one attached hydrogen (secondary N) is 1. The summed E-state index contributed by atoms with van der Waals surface area (Å²) in [5.74, 6) is -2.86. The monoisotopic (exact) mass is 481 g/mol. The van der Waals surface area contributed by atoms with Crippen molar-refractivity contribution < 1.29 is 34.1 Å². The van der Waals surface area contributed by atoms with Crippen molar-refractivity contribution in [2.24, 2.45) is 0 Å². The van der Waals surface area contributed by atoms with Gasteiger partial charge in [0.2, 0.25) is 0 Å². The van der Waals surface area contributed by atoms with Gasteiger partial charge in [0.1, 0.15) is 18.1 Å². The van der Waals surface area contributed by atoms with Gasteiger partial charge in [-0.25, -0.2) is 4.79 Å². The highest BCUT2D eigenvalue weighted by Gasteiger charge is 2.50. The van der Waals surface area contributed by atoms with Crippen molar-refractivity contribution in [3.63, 3.8) is 0 Å². The largest absolute Gasteiger partial charge is 0.480 e. The molecule has 0 saturated carbocycles. The molecule has 2 aromatic carbocycles. The van der Waals surface area contributed by atoms with Crippen LogP contribution in [0, 0.1) is 0 Å². The molecule has 3 N–H and O–H groups in total. The van der Waals surface area contributed by atoms with Crippen LogP contribution in [0.3, 0.4) is 0 Å². The van der Waals surface area contributed by atoms with E-state index in [9.17, 15) is 19.5 Å². The average molecular weight is 482 g/mol. The van der Waals surface area contributed by atoms with E-state index < -0.39 is 41.1 Å². The van der Waals surface area contributed by atoms with Crippen molar-refractivity contribution in [1.82, 2.24) is 5.32 Å². The molecule has 35 heavy (non-hydrogen) atoms. The molecule has 0 amide bonds. The Morgan fingerprint density at radius 2 is 1.54 bits per heavy atom. The van der Waals surface area contributed by atoms with E-state index in [2.05, 4.69) is 5.32 Å². The quantitative estimate of drug-likeness (QED) is 0.349. The predicted molar refractivity (Wildman–Crippen MR) is 130 cm³/mol. The van der Waals surface area contributed by atoms with Gasteiger partial charge in [0.15, 0.2) is 0 Å². The second-order valence-corrected chi connectivity index (χ2v) is 9.47. The van der Waals surface area contributed by atoms with E-state index in [0.717, 1.165) is 17.2 Å². The van der Waals surface area contributed by atoms with E-state index in [0.29, 0.717) is 11.1 Å². The van der Waals surface area contributed by atoms with Gasteiger partial charge >= 0.3 is 17.9 Å². The number of fused-ring (bicyclic) bond motifs is 3. The minimum atomic E-state index is -1.42. The fraction of sp³-hybridized carbons (Fsp3) is 0.370. The molecule has 1 aliphatic rings. The summed E-state index contributed by atoms with van der Waals surface area (Å²) in [6.07, 6.45) is 1.44. The van der Waals surface area contributed by atoms with Crippen LogP contribution in [0.25, 0.3) is 11.1 Å². The Balaban J connectivity index is 1.94. The maximum Gasteiger partial charge on any atom is 0.328 e. The minimum absolute atomic E-state index is 0.0844. The molecule has 0 unspecified atom stereocenters. The lowest BCUT2D eigenvalue weighted by Crippen LogP contribution is -2.54. The molecule has 0 saturated heterocycles. The lowest BCUT2D eigenvalue weighted by molar-refractivity contribution is -0.154. The molecule has 2 aromatic rings. The van der Waals surface area contributed by atoms with Crippen LogP contribution in [0.5, 0.6) is 0 Å². The fourth-order valence-corrected chi connectivity index (χ4v) is 4.52. The number of benzene rings is 2. The molecule has 0 heterocycles. The van der Waals surface area contributed by atoms with E-state index in [1.165, 1.54) is 6.08 Å². The summed E-state index contributed by atoms with van der Waals surface area (Å²) in [7, 11) is 0. The Kier molecular flexibility index (Phi) is 7.77. The van der Waals surface area contributed by atoms with E-state index in [-0.39, 0.29) is 13.2 Å². The molecule has 186 valence electrons. The fourth-order valence-electron chi connectivity index (χ4n) is 4.52. The molecule has 8 nitrogen and oxygen atoms in total. The molecule has 0 aromatic heterocycles. The number of carboxylic acids is 2. The third-order valence-corrected chi connectivity index (χ3v) is 5.86. The molecule has 2 atom stereocenters. The molecule has 3 rings (SSSR count). The summed E-state index contributed by atoms with van der Waals surface area (Å²) in [6, 6.07) is 13.7. The van der Waals surface area contributed by atoms with Crippen molar-refractivity contribution in [3.05, 3.63) is 71.8 Å². The number of hydrogen-bond acceptors (Lipinski definition) is 6. The Hall–Kier alpha value is -3.49. The summed E-state index contributed by atoms with van der Waals surface area (Å²) < 4.78 is 11.2. The normalized spacial score (nSPS) is 15.8. The van der Waals surface area contributed by atoms with Crippen molar-refractivity contribution in [2.75, 3.05) is 13.2 Å². The second kappa shape index (κ2) is 10.4. The van der Waals surface area contributed by atoms with Crippen molar-refractivity contribution in [2.45, 2.75) is 50.9 Å². The van der Waals surface area contributed by atoms with Crippen LogP contribution in [-0.4, -0.2) is 59.0 Å². The third kappa shape index (κ3) is 5.61. The number of aliphatic carboxylic acids is 2. The number of carbonyl (C=O) groups is 3. The van der Waals surface area contributed by atoms with Gasteiger partial charge in [0, 0.05) is 12.6 Å². The van der Waals surface area contributed by atoms with Crippen molar-refractivity contribution in [3.8, 4) is 11.1 Å². The van der Waals surface area contributed by atoms with Crippen LogP contribution >= 0.6 is 0 Å². The molecular weight excluding hydrogens is 450 g/mol. The molecule has 0 spiro atoms. The van der Waals surface area contributed by atoms with E-state index in [1.807, 2.05) is 45.0 Å². The van der Waals surface area contributed by atoms with Crippen molar-refractivity contribution >= 4 is 17.9 Å². The number of carboxylic acid groups (broad SMARTS) is 2. The van der Waals surface area contributed by atoms with Gasteiger partial charge in [-0.3, -0.25) is 9.59 Å². The first-order valence-electron chi connectivity index (χ1n) is 11.4. The molecule has 8 heteroatoms. The number of carbonyl (C=O) groups excluding carboxylic acids is 1.